The van der Waals surface area contributed by atoms with E-state index in [9.17, 15) is 9.59 Å². The minimum atomic E-state index is -0.639. The highest BCUT2D eigenvalue weighted by Crippen LogP contribution is 2.23. The van der Waals surface area contributed by atoms with Crippen molar-refractivity contribution in [1.29, 1.82) is 0 Å². The number of carbonyl (C=O) groups is 1. The normalized spacial score (nSPS) is 10.7. The molecule has 1 heterocycles. The average Bonchev–Trinajstić information content (AvgIpc) is 2.67. The zero-order chi connectivity index (χ0) is 20.1. The Balaban J connectivity index is 1.76. The van der Waals surface area contributed by atoms with Crippen molar-refractivity contribution in [1.82, 2.24) is 4.98 Å². The fourth-order valence-electron chi connectivity index (χ4n) is 2.89. The third kappa shape index (κ3) is 4.17. The molecule has 0 bridgehead atoms. The van der Waals surface area contributed by atoms with Crippen LogP contribution in [-0.4, -0.2) is 30.8 Å². The number of aryl methyl sites for hydroxylation is 2. The molecule has 28 heavy (non-hydrogen) atoms. The van der Waals surface area contributed by atoms with Gasteiger partial charge in [0.1, 0.15) is 30.3 Å². The highest BCUT2D eigenvalue weighted by Gasteiger charge is 2.15. The van der Waals surface area contributed by atoms with E-state index in [-0.39, 0.29) is 17.6 Å². The summed E-state index contributed by atoms with van der Waals surface area (Å²) in [4.78, 5) is 27.6. The Kier molecular flexibility index (Phi) is 5.99. The van der Waals surface area contributed by atoms with Gasteiger partial charge >= 0.3 is 5.97 Å². The van der Waals surface area contributed by atoms with Gasteiger partial charge in [-0.15, -0.1) is 0 Å². The summed E-state index contributed by atoms with van der Waals surface area (Å²) < 4.78 is 16.5. The van der Waals surface area contributed by atoms with E-state index in [1.54, 1.807) is 13.0 Å². The first kappa shape index (κ1) is 19.5. The lowest BCUT2D eigenvalue weighted by molar-refractivity contribution is 0.0524. The zero-order valence-electron chi connectivity index (χ0n) is 16.2. The molecule has 0 aliphatic carbocycles. The van der Waals surface area contributed by atoms with E-state index in [4.69, 9.17) is 14.2 Å². The minimum Gasteiger partial charge on any atom is -0.490 e. The Bertz CT molecular complexity index is 1050. The molecule has 0 aliphatic rings. The smallest absolute Gasteiger partial charge is 0.343 e. The van der Waals surface area contributed by atoms with Gasteiger partial charge < -0.3 is 19.2 Å². The van der Waals surface area contributed by atoms with Gasteiger partial charge in [0.05, 0.1) is 12.0 Å². The maximum atomic E-state index is 12.7. The van der Waals surface area contributed by atoms with Crippen LogP contribution in [0.25, 0.3) is 10.9 Å². The number of aromatic amines is 1. The van der Waals surface area contributed by atoms with Gasteiger partial charge in [-0.05, 0) is 50.1 Å². The van der Waals surface area contributed by atoms with Crippen molar-refractivity contribution in [2.45, 2.75) is 20.8 Å². The summed E-state index contributed by atoms with van der Waals surface area (Å²) in [5, 5.41) is 0.381. The predicted molar refractivity (Wildman–Crippen MR) is 107 cm³/mol. The molecule has 3 aromatic rings. The van der Waals surface area contributed by atoms with Crippen molar-refractivity contribution in [3.05, 3.63) is 69.5 Å². The number of H-pyrrole nitrogens is 1. The van der Waals surface area contributed by atoms with Crippen molar-refractivity contribution < 1.29 is 19.0 Å². The van der Waals surface area contributed by atoms with Crippen LogP contribution in [0, 0.1) is 13.8 Å². The second kappa shape index (κ2) is 8.61. The first-order valence-electron chi connectivity index (χ1n) is 9.15. The van der Waals surface area contributed by atoms with Crippen molar-refractivity contribution in [3.63, 3.8) is 0 Å². The fourth-order valence-corrected chi connectivity index (χ4v) is 2.89. The van der Waals surface area contributed by atoms with Crippen LogP contribution < -0.4 is 14.9 Å². The number of hydrogen-bond acceptors (Lipinski definition) is 5. The molecule has 3 rings (SSSR count). The third-order valence-electron chi connectivity index (χ3n) is 4.36. The van der Waals surface area contributed by atoms with Gasteiger partial charge in [-0.1, -0.05) is 18.2 Å². The highest BCUT2D eigenvalue weighted by molar-refractivity contribution is 5.94. The van der Waals surface area contributed by atoms with E-state index in [0.29, 0.717) is 29.9 Å². The van der Waals surface area contributed by atoms with Crippen molar-refractivity contribution >= 4 is 16.9 Å². The number of esters is 1. The molecular formula is C22H23NO5. The van der Waals surface area contributed by atoms with E-state index >= 15 is 0 Å². The summed E-state index contributed by atoms with van der Waals surface area (Å²) in [6.45, 7) is 6.49. The molecule has 1 N–H and O–H groups in total. The molecule has 1 aromatic heterocycles. The fraction of sp³-hybridized carbons (Fsp3) is 0.273. The molecular weight excluding hydrogens is 358 g/mol. The molecule has 0 fully saturated rings. The van der Waals surface area contributed by atoms with Gasteiger partial charge in [-0.2, -0.15) is 0 Å². The van der Waals surface area contributed by atoms with Crippen LogP contribution in [0.15, 0.2) is 47.4 Å². The molecule has 6 nitrogen and oxygen atoms in total. The lowest BCUT2D eigenvalue weighted by Crippen LogP contribution is -2.18. The Morgan fingerprint density at radius 3 is 2.43 bits per heavy atom. The van der Waals surface area contributed by atoms with Crippen molar-refractivity contribution in [2.75, 3.05) is 19.8 Å². The summed E-state index contributed by atoms with van der Waals surface area (Å²) in [7, 11) is 0. The molecule has 0 radical (unpaired) electrons. The number of benzene rings is 2. The Morgan fingerprint density at radius 2 is 1.71 bits per heavy atom. The number of pyridine rings is 1. The standard InChI is InChI=1S/C22H23NO5/c1-4-26-22(25)17-13-23-18-11-15(3)20(12-16(18)21(17)24)28-10-9-27-19-8-6-5-7-14(19)2/h5-8,11-13H,4,9-10H2,1-3H3,(H,23,24). The Morgan fingerprint density at radius 1 is 1.00 bits per heavy atom. The molecule has 0 unspecified atom stereocenters. The molecule has 2 aromatic carbocycles. The predicted octanol–water partition coefficient (Wildman–Crippen LogP) is 3.78. The first-order chi connectivity index (χ1) is 13.5. The lowest BCUT2D eigenvalue weighted by atomic mass is 10.1. The Hall–Kier alpha value is -3.28. The molecule has 6 heteroatoms. The largest absolute Gasteiger partial charge is 0.490 e. The van der Waals surface area contributed by atoms with Crippen LogP contribution in [0.4, 0.5) is 0 Å². The summed E-state index contributed by atoms with van der Waals surface area (Å²) >= 11 is 0. The number of hydrogen-bond donors (Lipinski definition) is 1. The van der Waals surface area contributed by atoms with Crippen LogP contribution in [0.1, 0.15) is 28.4 Å². The first-order valence-corrected chi connectivity index (χ1v) is 9.15. The molecule has 0 aliphatic heterocycles. The van der Waals surface area contributed by atoms with Crippen LogP contribution >= 0.6 is 0 Å². The summed E-state index contributed by atoms with van der Waals surface area (Å²) in [5.41, 5.74) is 2.17. The topological polar surface area (TPSA) is 77.6 Å². The molecule has 146 valence electrons. The maximum Gasteiger partial charge on any atom is 0.343 e. The van der Waals surface area contributed by atoms with Crippen molar-refractivity contribution in [2.24, 2.45) is 0 Å². The maximum absolute atomic E-state index is 12.7. The average molecular weight is 381 g/mol. The number of aromatic nitrogens is 1. The van der Waals surface area contributed by atoms with Gasteiger partial charge in [0, 0.05) is 11.7 Å². The summed E-state index contributed by atoms with van der Waals surface area (Å²) in [5.74, 6) is 0.754. The second-order valence-corrected chi connectivity index (χ2v) is 6.38. The summed E-state index contributed by atoms with van der Waals surface area (Å²) in [6.07, 6.45) is 1.39. The molecule has 0 saturated carbocycles. The number of nitrogens with one attached hydrogen (secondary N) is 1. The third-order valence-corrected chi connectivity index (χ3v) is 4.36. The number of carbonyl (C=O) groups excluding carboxylic acids is 1. The van der Waals surface area contributed by atoms with Crippen LogP contribution in [-0.2, 0) is 4.74 Å². The van der Waals surface area contributed by atoms with Gasteiger partial charge in [-0.25, -0.2) is 4.79 Å². The SMILES string of the molecule is CCOC(=O)c1c[nH]c2cc(C)c(OCCOc3ccccc3C)cc2c1=O. The van der Waals surface area contributed by atoms with Gasteiger partial charge in [0.25, 0.3) is 0 Å². The summed E-state index contributed by atoms with van der Waals surface area (Å²) in [6, 6.07) is 11.2. The molecule has 0 saturated heterocycles. The quantitative estimate of drug-likeness (QED) is 0.498. The minimum absolute atomic E-state index is 0.0213. The van der Waals surface area contributed by atoms with Crippen molar-refractivity contribution in [3.8, 4) is 11.5 Å². The van der Waals surface area contributed by atoms with E-state index < -0.39 is 5.97 Å². The zero-order valence-corrected chi connectivity index (χ0v) is 16.2. The lowest BCUT2D eigenvalue weighted by Gasteiger charge is -2.12. The van der Waals surface area contributed by atoms with Crippen LogP contribution in [0.3, 0.4) is 0 Å². The number of para-hydroxylation sites is 1. The second-order valence-electron chi connectivity index (χ2n) is 6.38. The van der Waals surface area contributed by atoms with E-state index in [0.717, 1.165) is 16.9 Å². The molecule has 0 amide bonds. The number of ether oxygens (including phenoxy) is 3. The monoisotopic (exact) mass is 381 g/mol. The van der Waals surface area contributed by atoms with Gasteiger partial charge in [0.2, 0.25) is 5.43 Å². The Labute approximate surface area is 163 Å². The van der Waals surface area contributed by atoms with Crippen LogP contribution in [0.5, 0.6) is 11.5 Å². The van der Waals surface area contributed by atoms with E-state index in [2.05, 4.69) is 4.98 Å². The number of fused-ring (bicyclic) bond motifs is 1. The molecule has 0 atom stereocenters. The van der Waals surface area contributed by atoms with E-state index in [1.165, 1.54) is 6.20 Å². The van der Waals surface area contributed by atoms with Crippen LogP contribution in [0.2, 0.25) is 0 Å². The van der Waals surface area contributed by atoms with Gasteiger partial charge in [-0.3, -0.25) is 4.79 Å². The van der Waals surface area contributed by atoms with E-state index in [1.807, 2.05) is 44.2 Å². The highest BCUT2D eigenvalue weighted by atomic mass is 16.5. The van der Waals surface area contributed by atoms with Gasteiger partial charge in [0.15, 0.2) is 0 Å². The number of rotatable bonds is 7. The molecule has 0 spiro atoms.